The summed E-state index contributed by atoms with van der Waals surface area (Å²) in [5.74, 6) is -9.10. The van der Waals surface area contributed by atoms with Crippen molar-refractivity contribution in [3.63, 3.8) is 0 Å². The van der Waals surface area contributed by atoms with E-state index in [0.29, 0.717) is 5.57 Å². The number of amides is 4. The molecule has 2 heterocycles. The number of rotatable bonds is 6. The number of carbonyl (C=O) groups excluding carboxylic acids is 7. The summed E-state index contributed by atoms with van der Waals surface area (Å²) >= 11 is 0. The third-order valence-electron chi connectivity index (χ3n) is 9.44. The fourth-order valence-corrected chi connectivity index (χ4v) is 7.99. The number of hydrogen-bond donors (Lipinski definition) is 0. The minimum absolute atomic E-state index is 0.0627. The van der Waals surface area contributed by atoms with E-state index in [1.54, 1.807) is 26.8 Å². The molecule has 2 aromatic rings. The third-order valence-corrected chi connectivity index (χ3v) is 9.44. The average molecular weight is 615 g/mol. The quantitative estimate of drug-likeness (QED) is 0.205. The Morgan fingerprint density at radius 2 is 1.07 bits per heavy atom. The predicted octanol–water partition coefficient (Wildman–Crippen LogP) is 2.98. The van der Waals surface area contributed by atoms with E-state index >= 15 is 0 Å². The second kappa shape index (κ2) is 10.2. The number of hydrogen-bond acceptors (Lipinski definition) is 10. The maximum absolute atomic E-state index is 14.4. The van der Waals surface area contributed by atoms with E-state index < -0.39 is 76.0 Å². The van der Waals surface area contributed by atoms with E-state index in [4.69, 9.17) is 14.2 Å². The molecule has 0 N–H and O–H groups in total. The molecule has 2 unspecified atom stereocenters. The second-order valence-corrected chi connectivity index (χ2v) is 11.9. The Bertz CT molecular complexity index is 1620. The lowest BCUT2D eigenvalue weighted by molar-refractivity contribution is -0.182. The van der Waals surface area contributed by atoms with E-state index in [2.05, 4.69) is 0 Å². The topological polar surface area (TPSA) is 154 Å². The zero-order valence-electron chi connectivity index (χ0n) is 25.2. The molecule has 2 saturated heterocycles. The van der Waals surface area contributed by atoms with Crippen LogP contribution in [0.3, 0.4) is 0 Å². The van der Waals surface area contributed by atoms with Crippen molar-refractivity contribution in [3.05, 3.63) is 60.2 Å². The van der Waals surface area contributed by atoms with Gasteiger partial charge in [0.25, 0.3) is 0 Å². The molecule has 4 amide bonds. The molecular weight excluding hydrogens is 584 g/mol. The first-order chi connectivity index (χ1) is 21.3. The molecule has 5 aliphatic rings. The second-order valence-electron chi connectivity index (χ2n) is 11.9. The molecule has 0 radical (unpaired) electrons. The van der Waals surface area contributed by atoms with Crippen LogP contribution in [0.15, 0.2) is 60.2 Å². The molecule has 2 bridgehead atoms. The Labute approximate surface area is 257 Å². The third kappa shape index (κ3) is 4.00. The molecule has 12 heteroatoms. The Hall–Kier alpha value is -5.13. The van der Waals surface area contributed by atoms with Crippen molar-refractivity contribution in [2.45, 2.75) is 34.6 Å². The van der Waals surface area contributed by atoms with Gasteiger partial charge in [0.2, 0.25) is 23.6 Å². The number of ether oxygens (including phenoxy) is 3. The summed E-state index contributed by atoms with van der Waals surface area (Å²) in [6.07, 6.45) is 1.68. The van der Waals surface area contributed by atoms with Crippen LogP contribution < -0.4 is 19.3 Å². The Kier molecular flexibility index (Phi) is 6.79. The highest BCUT2D eigenvalue weighted by molar-refractivity contribution is 6.29. The van der Waals surface area contributed by atoms with Gasteiger partial charge in [-0.2, -0.15) is 0 Å². The Morgan fingerprint density at radius 1 is 0.689 bits per heavy atom. The lowest BCUT2D eigenvalue weighted by atomic mass is 9.39. The van der Waals surface area contributed by atoms with E-state index in [9.17, 15) is 33.6 Å². The maximum Gasteiger partial charge on any atom is 0.317 e. The zero-order valence-corrected chi connectivity index (χ0v) is 25.2. The molecule has 6 atom stereocenters. The van der Waals surface area contributed by atoms with Crippen LogP contribution in [0.2, 0.25) is 0 Å². The van der Waals surface area contributed by atoms with Crippen LogP contribution in [0.25, 0.3) is 0 Å². The number of anilines is 2. The van der Waals surface area contributed by atoms with Crippen LogP contribution in [-0.2, 0) is 38.3 Å². The van der Waals surface area contributed by atoms with Crippen molar-refractivity contribution in [2.75, 3.05) is 16.4 Å². The van der Waals surface area contributed by atoms with Gasteiger partial charge in [-0.1, -0.05) is 18.6 Å². The molecular formula is C33H30N2O10. The van der Waals surface area contributed by atoms with Gasteiger partial charge >= 0.3 is 17.9 Å². The van der Waals surface area contributed by atoms with Gasteiger partial charge in [-0.25, -0.2) is 9.80 Å². The van der Waals surface area contributed by atoms with Gasteiger partial charge in [-0.15, -0.1) is 0 Å². The van der Waals surface area contributed by atoms with Crippen LogP contribution in [0, 0.1) is 34.5 Å². The molecule has 45 heavy (non-hydrogen) atoms. The van der Waals surface area contributed by atoms with Crippen molar-refractivity contribution in [1.29, 1.82) is 0 Å². The summed E-state index contributed by atoms with van der Waals surface area (Å²) < 4.78 is 15.7. The summed E-state index contributed by atoms with van der Waals surface area (Å²) in [5.41, 5.74) is -2.49. The van der Waals surface area contributed by atoms with E-state index in [-0.39, 0.29) is 29.5 Å². The van der Waals surface area contributed by atoms with Crippen LogP contribution >= 0.6 is 0 Å². The van der Waals surface area contributed by atoms with Gasteiger partial charge in [0.1, 0.15) is 16.9 Å². The molecule has 2 aromatic carbocycles. The Morgan fingerprint density at radius 3 is 1.42 bits per heavy atom. The van der Waals surface area contributed by atoms with Crippen molar-refractivity contribution >= 4 is 52.9 Å². The van der Waals surface area contributed by atoms with Crippen molar-refractivity contribution < 1.29 is 47.8 Å². The van der Waals surface area contributed by atoms with Crippen LogP contribution in [0.5, 0.6) is 11.5 Å². The average Bonchev–Trinajstić information content (AvgIpc) is 3.40. The highest BCUT2D eigenvalue weighted by atomic mass is 16.5. The van der Waals surface area contributed by atoms with Crippen LogP contribution in [-0.4, -0.2) is 48.1 Å². The van der Waals surface area contributed by atoms with E-state index in [0.717, 1.165) is 9.80 Å². The number of benzene rings is 2. The van der Waals surface area contributed by atoms with Gasteiger partial charge in [0.15, 0.2) is 0 Å². The number of imide groups is 2. The summed E-state index contributed by atoms with van der Waals surface area (Å²) in [6.45, 7) is 7.32. The first kappa shape index (κ1) is 29.9. The lowest BCUT2D eigenvalue weighted by Gasteiger charge is -2.58. The molecule has 3 fully saturated rings. The zero-order chi connectivity index (χ0) is 32.6. The van der Waals surface area contributed by atoms with Gasteiger partial charge in [0.05, 0.1) is 41.7 Å². The van der Waals surface area contributed by atoms with Gasteiger partial charge in [-0.3, -0.25) is 33.6 Å². The van der Waals surface area contributed by atoms with Gasteiger partial charge < -0.3 is 14.2 Å². The fraction of sp³-hybridized carbons (Fsp3) is 0.364. The van der Waals surface area contributed by atoms with Gasteiger partial charge in [0, 0.05) is 19.3 Å². The van der Waals surface area contributed by atoms with Crippen molar-refractivity contribution in [3.8, 4) is 11.5 Å². The molecule has 3 aliphatic carbocycles. The first-order valence-corrected chi connectivity index (χ1v) is 14.5. The summed E-state index contributed by atoms with van der Waals surface area (Å²) in [7, 11) is 0. The smallest absolute Gasteiger partial charge is 0.317 e. The Balaban J connectivity index is 1.48. The molecule has 7 rings (SSSR count). The SMILES string of the molecule is CCOC(=O)C12C(C)=CC(C)([C@@H]3C(=O)N(c4ccc(OC(C)=O)cc4)C(=O)[C@@H]31)[C@H]1C(=O)N(c3ccc(OC(C)=O)cc3)C(=O)[C@H]12. The summed E-state index contributed by atoms with van der Waals surface area (Å²) in [5, 5.41) is 0. The fourth-order valence-electron chi connectivity index (χ4n) is 7.99. The highest BCUT2D eigenvalue weighted by Crippen LogP contribution is 2.71. The number of carbonyl (C=O) groups is 7. The maximum atomic E-state index is 14.4. The van der Waals surface area contributed by atoms with Crippen molar-refractivity contribution in [2.24, 2.45) is 34.5 Å². The molecule has 0 aromatic heterocycles. The summed E-state index contributed by atoms with van der Waals surface area (Å²) in [6, 6.07) is 11.5. The van der Waals surface area contributed by atoms with Crippen LogP contribution in [0.1, 0.15) is 34.6 Å². The first-order valence-electron chi connectivity index (χ1n) is 14.5. The molecule has 12 nitrogen and oxygen atoms in total. The molecule has 0 spiro atoms. The minimum Gasteiger partial charge on any atom is -0.465 e. The lowest BCUT2D eigenvalue weighted by Crippen LogP contribution is -2.66. The van der Waals surface area contributed by atoms with Crippen LogP contribution in [0.4, 0.5) is 11.4 Å². The highest BCUT2D eigenvalue weighted by Gasteiger charge is 2.82. The standard InChI is InChI=1S/C33H30N2O10/c1-6-43-31(42)33-16(2)15-32(5,23-25(33)29(40)34(27(23)38)19-7-11-21(12-8-19)44-17(3)36)24-26(33)30(41)35(28(24)39)20-9-13-22(14-10-20)45-18(4)37/h7-15,23-26H,6H2,1-5H3/t23-,24+,25+,26-,32?,33?. The molecule has 232 valence electrons. The summed E-state index contributed by atoms with van der Waals surface area (Å²) in [4.78, 5) is 96.2. The van der Waals surface area contributed by atoms with E-state index in [1.165, 1.54) is 62.4 Å². The number of esters is 3. The van der Waals surface area contributed by atoms with Crippen molar-refractivity contribution in [1.82, 2.24) is 0 Å². The molecule has 2 aliphatic heterocycles. The minimum atomic E-state index is -1.93. The monoisotopic (exact) mass is 614 g/mol. The van der Waals surface area contributed by atoms with Gasteiger partial charge in [-0.05, 0) is 62.4 Å². The van der Waals surface area contributed by atoms with E-state index in [1.807, 2.05) is 0 Å². The number of nitrogens with zero attached hydrogens (tertiary/aromatic N) is 2. The number of allylic oxidation sites excluding steroid dienone is 1. The normalized spacial score (nSPS) is 29.8. The largest absolute Gasteiger partial charge is 0.465 e. The molecule has 1 saturated carbocycles. The predicted molar refractivity (Wildman–Crippen MR) is 155 cm³/mol.